The van der Waals surface area contributed by atoms with Crippen molar-refractivity contribution < 1.29 is 13.2 Å². The van der Waals surface area contributed by atoms with Gasteiger partial charge in [-0.2, -0.15) is 0 Å². The zero-order chi connectivity index (χ0) is 19.1. The van der Waals surface area contributed by atoms with Crippen LogP contribution in [-0.4, -0.2) is 40.8 Å². The Balaban J connectivity index is 1.79. The Morgan fingerprint density at radius 1 is 1.38 bits per heavy atom. The summed E-state index contributed by atoms with van der Waals surface area (Å²) >= 11 is 0. The van der Waals surface area contributed by atoms with Crippen molar-refractivity contribution in [2.75, 3.05) is 6.54 Å². The SMILES string of the molecule is CC1(C)C(CN)CC(C(=O)NCc2nc3ccccc3c(=O)[nH]2)S1(=O)=O. The fourth-order valence-electron chi connectivity index (χ4n) is 3.40. The molecule has 4 N–H and O–H groups in total. The van der Waals surface area contributed by atoms with Crippen molar-refractivity contribution in [3.63, 3.8) is 0 Å². The summed E-state index contributed by atoms with van der Waals surface area (Å²) < 4.78 is 24.3. The molecule has 0 saturated carbocycles. The van der Waals surface area contributed by atoms with Crippen molar-refractivity contribution >= 4 is 26.6 Å². The summed E-state index contributed by atoms with van der Waals surface area (Å²) in [5.41, 5.74) is 5.89. The Labute approximate surface area is 151 Å². The lowest BCUT2D eigenvalue weighted by Gasteiger charge is -2.24. The molecule has 1 fully saturated rings. The van der Waals surface area contributed by atoms with Gasteiger partial charge in [-0.3, -0.25) is 9.59 Å². The van der Waals surface area contributed by atoms with E-state index in [0.717, 1.165) is 0 Å². The number of aromatic nitrogens is 2. The molecule has 9 heteroatoms. The van der Waals surface area contributed by atoms with Crippen molar-refractivity contribution in [1.29, 1.82) is 0 Å². The highest BCUT2D eigenvalue weighted by atomic mass is 32.2. The normalized spacial score (nSPS) is 23.8. The van der Waals surface area contributed by atoms with Crippen LogP contribution in [0.15, 0.2) is 29.1 Å². The van der Waals surface area contributed by atoms with Crippen LogP contribution in [-0.2, 0) is 21.2 Å². The lowest BCUT2D eigenvalue weighted by atomic mass is 9.91. The third kappa shape index (κ3) is 2.90. The van der Waals surface area contributed by atoms with Gasteiger partial charge in [0, 0.05) is 0 Å². The molecule has 1 aromatic carbocycles. The molecule has 3 rings (SSSR count). The molecule has 0 bridgehead atoms. The molecule has 1 amide bonds. The van der Waals surface area contributed by atoms with E-state index in [0.29, 0.717) is 10.9 Å². The summed E-state index contributed by atoms with van der Waals surface area (Å²) in [7, 11) is -3.66. The number of amides is 1. The molecule has 1 aliphatic rings. The molecular formula is C17H22N4O4S. The zero-order valence-corrected chi connectivity index (χ0v) is 15.5. The number of sulfone groups is 1. The van der Waals surface area contributed by atoms with Crippen LogP contribution in [0.4, 0.5) is 0 Å². The van der Waals surface area contributed by atoms with Gasteiger partial charge in [0.15, 0.2) is 9.84 Å². The number of nitrogens with zero attached hydrogens (tertiary/aromatic N) is 1. The minimum Gasteiger partial charge on any atom is -0.348 e. The average molecular weight is 378 g/mol. The second-order valence-corrected chi connectivity index (χ2v) is 9.76. The van der Waals surface area contributed by atoms with Crippen LogP contribution in [0, 0.1) is 5.92 Å². The van der Waals surface area contributed by atoms with Gasteiger partial charge in [0.2, 0.25) is 5.91 Å². The molecule has 0 radical (unpaired) electrons. The maximum atomic E-state index is 12.7. The van der Waals surface area contributed by atoms with Crippen LogP contribution in [0.2, 0.25) is 0 Å². The van der Waals surface area contributed by atoms with E-state index in [4.69, 9.17) is 5.73 Å². The van der Waals surface area contributed by atoms with E-state index >= 15 is 0 Å². The maximum absolute atomic E-state index is 12.7. The molecule has 2 unspecified atom stereocenters. The Bertz CT molecular complexity index is 1010. The highest BCUT2D eigenvalue weighted by Crippen LogP contribution is 2.41. The van der Waals surface area contributed by atoms with E-state index in [1.807, 2.05) is 0 Å². The Morgan fingerprint density at radius 2 is 2.08 bits per heavy atom. The van der Waals surface area contributed by atoms with Crippen LogP contribution in [0.1, 0.15) is 26.1 Å². The molecule has 0 aliphatic carbocycles. The lowest BCUT2D eigenvalue weighted by Crippen LogP contribution is -2.42. The van der Waals surface area contributed by atoms with Gasteiger partial charge in [-0.05, 0) is 44.9 Å². The number of H-pyrrole nitrogens is 1. The summed E-state index contributed by atoms with van der Waals surface area (Å²) in [4.78, 5) is 31.4. The average Bonchev–Trinajstić information content (AvgIpc) is 2.78. The maximum Gasteiger partial charge on any atom is 0.258 e. The molecule has 140 valence electrons. The van der Waals surface area contributed by atoms with Crippen LogP contribution in [0.25, 0.3) is 10.9 Å². The van der Waals surface area contributed by atoms with Gasteiger partial charge in [-0.25, -0.2) is 13.4 Å². The number of carbonyl (C=O) groups is 1. The number of benzene rings is 1. The number of hydrogen-bond donors (Lipinski definition) is 3. The van der Waals surface area contributed by atoms with Crippen LogP contribution >= 0.6 is 0 Å². The Kier molecular flexibility index (Phi) is 4.61. The van der Waals surface area contributed by atoms with Crippen LogP contribution in [0.5, 0.6) is 0 Å². The lowest BCUT2D eigenvalue weighted by molar-refractivity contribution is -0.121. The molecule has 2 aromatic rings. The Hall–Kier alpha value is -2.26. The largest absolute Gasteiger partial charge is 0.348 e. The fraction of sp³-hybridized carbons (Fsp3) is 0.471. The summed E-state index contributed by atoms with van der Waals surface area (Å²) in [6, 6.07) is 6.86. The number of nitrogens with two attached hydrogens (primary N) is 1. The summed E-state index contributed by atoms with van der Waals surface area (Å²) in [5.74, 6) is -0.598. The zero-order valence-electron chi connectivity index (χ0n) is 14.7. The molecule has 8 nitrogen and oxygen atoms in total. The van der Waals surface area contributed by atoms with E-state index in [2.05, 4.69) is 15.3 Å². The van der Waals surface area contributed by atoms with E-state index in [9.17, 15) is 18.0 Å². The topological polar surface area (TPSA) is 135 Å². The minimum atomic E-state index is -3.66. The molecule has 2 atom stereocenters. The van der Waals surface area contributed by atoms with Crippen molar-refractivity contribution in [3.8, 4) is 0 Å². The van der Waals surface area contributed by atoms with Crippen molar-refractivity contribution in [1.82, 2.24) is 15.3 Å². The van der Waals surface area contributed by atoms with E-state index in [-0.39, 0.29) is 36.8 Å². The van der Waals surface area contributed by atoms with E-state index < -0.39 is 25.7 Å². The predicted molar refractivity (Wildman–Crippen MR) is 98.2 cm³/mol. The van der Waals surface area contributed by atoms with Gasteiger partial charge >= 0.3 is 0 Å². The highest BCUT2D eigenvalue weighted by Gasteiger charge is 2.55. The molecule has 1 aromatic heterocycles. The molecule has 26 heavy (non-hydrogen) atoms. The highest BCUT2D eigenvalue weighted by molar-refractivity contribution is 7.94. The smallest absolute Gasteiger partial charge is 0.258 e. The molecular weight excluding hydrogens is 356 g/mol. The number of nitrogens with one attached hydrogen (secondary N) is 2. The van der Waals surface area contributed by atoms with Gasteiger partial charge in [-0.15, -0.1) is 0 Å². The first-order valence-electron chi connectivity index (χ1n) is 8.37. The van der Waals surface area contributed by atoms with Crippen molar-refractivity contribution in [2.24, 2.45) is 11.7 Å². The first-order valence-corrected chi connectivity index (χ1v) is 9.92. The van der Waals surface area contributed by atoms with E-state index in [1.165, 1.54) is 0 Å². The minimum absolute atomic E-state index is 0.0569. The molecule has 1 saturated heterocycles. The predicted octanol–water partition coefficient (Wildman–Crippen LogP) is 0.0799. The van der Waals surface area contributed by atoms with Crippen molar-refractivity contribution in [2.45, 2.75) is 36.8 Å². The first kappa shape index (κ1) is 18.5. The second-order valence-electron chi connectivity index (χ2n) is 7.05. The molecule has 2 heterocycles. The second kappa shape index (κ2) is 6.48. The van der Waals surface area contributed by atoms with Crippen molar-refractivity contribution in [3.05, 3.63) is 40.4 Å². The van der Waals surface area contributed by atoms with Crippen LogP contribution in [0.3, 0.4) is 0 Å². The first-order chi connectivity index (χ1) is 12.2. The van der Waals surface area contributed by atoms with Gasteiger partial charge in [0.1, 0.15) is 11.1 Å². The number of carbonyl (C=O) groups excluding carboxylic acids is 1. The number of rotatable bonds is 4. The van der Waals surface area contributed by atoms with Gasteiger partial charge in [0.05, 0.1) is 22.2 Å². The van der Waals surface area contributed by atoms with Gasteiger partial charge < -0.3 is 16.0 Å². The summed E-state index contributed by atoms with van der Waals surface area (Å²) in [6.45, 7) is 3.36. The van der Waals surface area contributed by atoms with Gasteiger partial charge in [-0.1, -0.05) is 12.1 Å². The number of para-hydroxylation sites is 1. The summed E-state index contributed by atoms with van der Waals surface area (Å²) in [6.07, 6.45) is 0.194. The third-order valence-corrected chi connectivity index (χ3v) is 8.21. The standard InChI is InChI=1S/C17H22N4O4S/c1-17(2)10(8-18)7-13(26(17,24)25)16(23)19-9-14-20-12-6-4-3-5-11(12)15(22)21-14/h3-6,10,13H,7-9,18H2,1-2H3,(H,19,23)(H,20,21,22). The quantitative estimate of drug-likeness (QED) is 0.689. The van der Waals surface area contributed by atoms with E-state index in [1.54, 1.807) is 38.1 Å². The fourth-order valence-corrected chi connectivity index (χ4v) is 5.64. The summed E-state index contributed by atoms with van der Waals surface area (Å²) in [5, 5.41) is 1.89. The molecule has 1 aliphatic heterocycles. The third-order valence-electron chi connectivity index (χ3n) is 5.26. The number of hydrogen-bond acceptors (Lipinski definition) is 6. The molecule has 0 spiro atoms. The number of fused-ring (bicyclic) bond motifs is 1. The Morgan fingerprint density at radius 3 is 2.73 bits per heavy atom. The number of aromatic amines is 1. The monoisotopic (exact) mass is 378 g/mol. The van der Waals surface area contributed by atoms with Gasteiger partial charge in [0.25, 0.3) is 5.56 Å². The van der Waals surface area contributed by atoms with Crippen LogP contribution < -0.4 is 16.6 Å².